The van der Waals surface area contributed by atoms with Crippen molar-refractivity contribution in [2.24, 2.45) is 0 Å². The molecule has 4 aromatic rings. The molecule has 7 nitrogen and oxygen atoms in total. The van der Waals surface area contributed by atoms with Gasteiger partial charge in [-0.3, -0.25) is 9.52 Å². The highest BCUT2D eigenvalue weighted by Crippen LogP contribution is 2.21. The average Bonchev–Trinajstić information content (AvgIpc) is 3.47. The minimum Gasteiger partial charge on any atom is -0.337 e. The van der Waals surface area contributed by atoms with Crippen molar-refractivity contribution in [3.8, 4) is 5.69 Å². The summed E-state index contributed by atoms with van der Waals surface area (Å²) in [6.45, 7) is 0.401. The molecule has 0 atom stereocenters. The number of carbonyl (C=O) groups is 1. The van der Waals surface area contributed by atoms with E-state index in [1.54, 1.807) is 64.6 Å². The number of hydrogen-bond donors (Lipinski definition) is 1. The van der Waals surface area contributed by atoms with Gasteiger partial charge in [0.2, 0.25) is 0 Å². The van der Waals surface area contributed by atoms with Crippen molar-refractivity contribution in [3.05, 3.63) is 95.6 Å². The lowest BCUT2D eigenvalue weighted by molar-refractivity contribution is 0.0785. The van der Waals surface area contributed by atoms with Crippen LogP contribution in [0.2, 0.25) is 0 Å². The van der Waals surface area contributed by atoms with E-state index in [1.165, 1.54) is 0 Å². The third kappa shape index (κ3) is 4.84. The van der Waals surface area contributed by atoms with Gasteiger partial charge in [-0.25, -0.2) is 13.1 Å². The summed E-state index contributed by atoms with van der Waals surface area (Å²) in [5.74, 6) is -0.167. The number of nitrogens with one attached hydrogen (secondary N) is 1. The number of rotatable bonds is 7. The van der Waals surface area contributed by atoms with Gasteiger partial charge >= 0.3 is 0 Å². The van der Waals surface area contributed by atoms with Crippen LogP contribution in [-0.2, 0) is 16.6 Å². The molecule has 0 spiro atoms. The Labute approximate surface area is 184 Å². The van der Waals surface area contributed by atoms with Crippen LogP contribution in [-0.4, -0.2) is 36.1 Å². The summed E-state index contributed by atoms with van der Waals surface area (Å²) in [5.41, 5.74) is 2.72. The zero-order valence-corrected chi connectivity index (χ0v) is 18.3. The quantitative estimate of drug-likeness (QED) is 0.459. The normalized spacial score (nSPS) is 11.3. The van der Waals surface area contributed by atoms with Gasteiger partial charge in [-0.2, -0.15) is 5.10 Å². The summed E-state index contributed by atoms with van der Waals surface area (Å²) in [6.07, 6.45) is 3.63. The molecule has 2 aromatic heterocycles. The van der Waals surface area contributed by atoms with Crippen LogP contribution in [0.3, 0.4) is 0 Å². The van der Waals surface area contributed by atoms with Crippen LogP contribution >= 0.6 is 11.3 Å². The molecule has 0 aliphatic heterocycles. The molecule has 1 N–H and O–H groups in total. The number of benzene rings is 2. The Balaban J connectivity index is 1.41. The first-order valence-corrected chi connectivity index (χ1v) is 11.8. The van der Waals surface area contributed by atoms with Crippen molar-refractivity contribution in [1.82, 2.24) is 14.7 Å². The SMILES string of the molecule is CN(Cc1cnn(-c2ccccc2)c1)C(=O)c1ccc(NS(=O)(=O)c2cccs2)cc1. The molecule has 0 bridgehead atoms. The first-order valence-electron chi connectivity index (χ1n) is 9.43. The van der Waals surface area contributed by atoms with Gasteiger partial charge in [0.15, 0.2) is 0 Å². The van der Waals surface area contributed by atoms with E-state index in [2.05, 4.69) is 9.82 Å². The predicted molar refractivity (Wildman–Crippen MR) is 121 cm³/mol. The van der Waals surface area contributed by atoms with Crippen LogP contribution in [0.25, 0.3) is 5.69 Å². The second kappa shape index (κ2) is 8.75. The lowest BCUT2D eigenvalue weighted by Crippen LogP contribution is -2.26. The van der Waals surface area contributed by atoms with Crippen LogP contribution < -0.4 is 4.72 Å². The van der Waals surface area contributed by atoms with E-state index < -0.39 is 10.0 Å². The third-order valence-electron chi connectivity index (χ3n) is 4.57. The van der Waals surface area contributed by atoms with Crippen LogP contribution in [0.4, 0.5) is 5.69 Å². The van der Waals surface area contributed by atoms with Crippen molar-refractivity contribution in [2.45, 2.75) is 10.8 Å². The van der Waals surface area contributed by atoms with Crippen LogP contribution in [0.5, 0.6) is 0 Å². The standard InChI is InChI=1S/C22H20N4O3S2/c1-25(15-17-14-23-26(16-17)20-6-3-2-4-7-20)22(27)18-9-11-19(12-10-18)24-31(28,29)21-8-5-13-30-21/h2-14,16,24H,15H2,1H3. The van der Waals surface area contributed by atoms with Crippen LogP contribution in [0, 0.1) is 0 Å². The van der Waals surface area contributed by atoms with Gasteiger partial charge in [0.1, 0.15) is 4.21 Å². The lowest BCUT2D eigenvalue weighted by Gasteiger charge is -2.16. The van der Waals surface area contributed by atoms with Gasteiger partial charge in [-0.15, -0.1) is 11.3 Å². The van der Waals surface area contributed by atoms with E-state index in [1.807, 2.05) is 36.5 Å². The number of hydrogen-bond acceptors (Lipinski definition) is 5. The summed E-state index contributed by atoms with van der Waals surface area (Å²) >= 11 is 1.14. The summed E-state index contributed by atoms with van der Waals surface area (Å²) in [7, 11) is -1.90. The Morgan fingerprint density at radius 2 is 1.81 bits per heavy atom. The van der Waals surface area contributed by atoms with Crippen LogP contribution in [0.15, 0.2) is 88.7 Å². The average molecular weight is 453 g/mol. The molecule has 0 saturated carbocycles. The highest BCUT2D eigenvalue weighted by atomic mass is 32.2. The summed E-state index contributed by atoms with van der Waals surface area (Å²) in [6, 6.07) is 19.3. The Morgan fingerprint density at radius 1 is 1.06 bits per heavy atom. The van der Waals surface area contributed by atoms with Crippen molar-refractivity contribution >= 4 is 33.0 Å². The fraction of sp³-hybridized carbons (Fsp3) is 0.0909. The van der Waals surface area contributed by atoms with Gasteiger partial charge in [-0.05, 0) is 47.8 Å². The Hall–Kier alpha value is -3.43. The van der Waals surface area contributed by atoms with E-state index in [-0.39, 0.29) is 10.1 Å². The first kappa shape index (κ1) is 20.8. The maximum absolute atomic E-state index is 12.8. The zero-order valence-electron chi connectivity index (χ0n) is 16.7. The van der Waals surface area contributed by atoms with Crippen molar-refractivity contribution in [1.29, 1.82) is 0 Å². The maximum atomic E-state index is 12.8. The molecule has 0 aliphatic rings. The molecule has 2 aromatic carbocycles. The molecule has 1 amide bonds. The van der Waals surface area contributed by atoms with Gasteiger partial charge in [-0.1, -0.05) is 24.3 Å². The molecule has 2 heterocycles. The number of aromatic nitrogens is 2. The smallest absolute Gasteiger partial charge is 0.271 e. The first-order chi connectivity index (χ1) is 14.9. The van der Waals surface area contributed by atoms with Gasteiger partial charge in [0, 0.05) is 36.6 Å². The van der Waals surface area contributed by atoms with Crippen molar-refractivity contribution < 1.29 is 13.2 Å². The Bertz CT molecular complexity index is 1270. The minimum atomic E-state index is -3.62. The van der Waals surface area contributed by atoms with E-state index in [4.69, 9.17) is 0 Å². The van der Waals surface area contributed by atoms with Gasteiger partial charge in [0.25, 0.3) is 15.9 Å². The fourth-order valence-electron chi connectivity index (χ4n) is 3.03. The molecule has 9 heteroatoms. The predicted octanol–water partition coefficient (Wildman–Crippen LogP) is 4.01. The van der Waals surface area contributed by atoms with Crippen molar-refractivity contribution in [2.75, 3.05) is 11.8 Å². The number of anilines is 1. The number of carbonyl (C=O) groups excluding carboxylic acids is 1. The van der Waals surface area contributed by atoms with E-state index in [0.29, 0.717) is 17.8 Å². The Kier molecular flexibility index (Phi) is 5.88. The number of para-hydroxylation sites is 1. The molecule has 4 rings (SSSR count). The lowest BCUT2D eigenvalue weighted by atomic mass is 10.2. The number of amides is 1. The second-order valence-corrected chi connectivity index (χ2v) is 9.76. The monoisotopic (exact) mass is 452 g/mol. The topological polar surface area (TPSA) is 84.3 Å². The molecule has 31 heavy (non-hydrogen) atoms. The number of nitrogens with zero attached hydrogens (tertiary/aromatic N) is 3. The molecule has 158 valence electrons. The summed E-state index contributed by atoms with van der Waals surface area (Å²) in [4.78, 5) is 14.4. The van der Waals surface area contributed by atoms with E-state index in [9.17, 15) is 13.2 Å². The molecular formula is C22H20N4O3S2. The second-order valence-electron chi connectivity index (χ2n) is 6.90. The van der Waals surface area contributed by atoms with Gasteiger partial charge in [0.05, 0.1) is 11.9 Å². The van der Waals surface area contributed by atoms with E-state index >= 15 is 0 Å². The highest BCUT2D eigenvalue weighted by molar-refractivity contribution is 7.94. The maximum Gasteiger partial charge on any atom is 0.271 e. The summed E-state index contributed by atoms with van der Waals surface area (Å²) < 4.78 is 29.2. The zero-order chi connectivity index (χ0) is 21.8. The minimum absolute atomic E-state index is 0.167. The highest BCUT2D eigenvalue weighted by Gasteiger charge is 2.17. The molecule has 0 radical (unpaired) electrons. The van der Waals surface area contributed by atoms with Crippen LogP contribution in [0.1, 0.15) is 15.9 Å². The fourth-order valence-corrected chi connectivity index (χ4v) is 5.08. The largest absolute Gasteiger partial charge is 0.337 e. The number of sulfonamides is 1. The Morgan fingerprint density at radius 3 is 2.48 bits per heavy atom. The summed E-state index contributed by atoms with van der Waals surface area (Å²) in [5, 5.41) is 6.06. The van der Waals surface area contributed by atoms with Gasteiger partial charge < -0.3 is 4.90 Å². The molecule has 0 fully saturated rings. The third-order valence-corrected chi connectivity index (χ3v) is 7.35. The van der Waals surface area contributed by atoms with Crippen molar-refractivity contribution in [3.63, 3.8) is 0 Å². The van der Waals surface area contributed by atoms with E-state index in [0.717, 1.165) is 22.6 Å². The molecule has 0 saturated heterocycles. The number of thiophene rings is 1. The molecule has 0 unspecified atom stereocenters. The molecule has 0 aliphatic carbocycles. The molecular weight excluding hydrogens is 432 g/mol.